The Bertz CT molecular complexity index is 1230. The van der Waals surface area contributed by atoms with Gasteiger partial charge in [-0.2, -0.15) is 9.67 Å². The first kappa shape index (κ1) is 17.5. The second kappa shape index (κ2) is 6.77. The van der Waals surface area contributed by atoms with E-state index in [1.165, 1.54) is 0 Å². The summed E-state index contributed by atoms with van der Waals surface area (Å²) in [6.07, 6.45) is 5.76. The van der Waals surface area contributed by atoms with Gasteiger partial charge in [-0.05, 0) is 43.9 Å². The van der Waals surface area contributed by atoms with Gasteiger partial charge < -0.3 is 11.1 Å². The molecule has 9 heteroatoms. The zero-order valence-corrected chi connectivity index (χ0v) is 15.9. The lowest BCUT2D eigenvalue weighted by Gasteiger charge is -2.12. The van der Waals surface area contributed by atoms with Gasteiger partial charge in [0.25, 0.3) is 0 Å². The number of carbonyl (C=O) groups excluding carboxylic acids is 1. The fourth-order valence-corrected chi connectivity index (χ4v) is 3.86. The second-order valence-electron chi connectivity index (χ2n) is 7.55. The quantitative estimate of drug-likeness (QED) is 0.549. The van der Waals surface area contributed by atoms with Crippen LogP contribution in [0.2, 0.25) is 0 Å². The smallest absolute Gasteiger partial charge is 0.225 e. The summed E-state index contributed by atoms with van der Waals surface area (Å²) < 4.78 is 1.66. The van der Waals surface area contributed by atoms with Gasteiger partial charge in [0, 0.05) is 17.3 Å². The Hall–Kier alpha value is -3.62. The topological polar surface area (TPSA) is 124 Å². The van der Waals surface area contributed by atoms with Crippen molar-refractivity contribution in [1.29, 1.82) is 0 Å². The Kier molecular flexibility index (Phi) is 4.08. The van der Waals surface area contributed by atoms with Crippen molar-refractivity contribution in [2.75, 3.05) is 5.32 Å². The van der Waals surface area contributed by atoms with E-state index in [2.05, 4.69) is 36.6 Å². The number of amides is 1. The maximum absolute atomic E-state index is 11.4. The number of aryl methyl sites for hydroxylation is 1. The van der Waals surface area contributed by atoms with Crippen LogP contribution in [0.1, 0.15) is 24.8 Å². The molecule has 1 fully saturated rings. The van der Waals surface area contributed by atoms with E-state index in [1.54, 1.807) is 17.1 Å². The van der Waals surface area contributed by atoms with Gasteiger partial charge in [0.05, 0.1) is 23.6 Å². The molecular formula is C20H20N8O. The third-order valence-electron chi connectivity index (χ3n) is 5.43. The predicted octanol–water partition coefficient (Wildman–Crippen LogP) is 2.13. The molecule has 9 nitrogen and oxygen atoms in total. The van der Waals surface area contributed by atoms with Crippen LogP contribution in [-0.2, 0) is 4.79 Å². The third-order valence-corrected chi connectivity index (χ3v) is 5.43. The van der Waals surface area contributed by atoms with Crippen molar-refractivity contribution in [3.05, 3.63) is 42.2 Å². The first-order valence-electron chi connectivity index (χ1n) is 9.58. The summed E-state index contributed by atoms with van der Waals surface area (Å²) in [5.41, 5.74) is 9.49. The molecule has 0 aliphatic heterocycles. The number of rotatable bonds is 4. The Morgan fingerprint density at radius 3 is 2.90 bits per heavy atom. The van der Waals surface area contributed by atoms with Crippen LogP contribution < -0.4 is 11.1 Å². The predicted molar refractivity (Wildman–Crippen MR) is 108 cm³/mol. The minimum atomic E-state index is -0.244. The summed E-state index contributed by atoms with van der Waals surface area (Å²) in [5.74, 6) is 0.156. The molecule has 1 saturated carbocycles. The van der Waals surface area contributed by atoms with Crippen LogP contribution in [0.3, 0.4) is 0 Å². The number of nitrogens with zero attached hydrogens (tertiary/aromatic N) is 6. The molecule has 146 valence electrons. The molecule has 2 atom stereocenters. The lowest BCUT2D eigenvalue weighted by atomic mass is 10.1. The SMILES string of the molecule is Cc1ccc2cc(-n3nnc4cnc(N[C@@H]5CCC(C(N)=O)C5)nc43)cnc2c1. The molecule has 1 aliphatic carbocycles. The summed E-state index contributed by atoms with van der Waals surface area (Å²) in [7, 11) is 0. The highest BCUT2D eigenvalue weighted by atomic mass is 16.1. The van der Waals surface area contributed by atoms with E-state index in [0.717, 1.165) is 35.0 Å². The number of hydrogen-bond acceptors (Lipinski definition) is 7. The number of nitrogens with two attached hydrogens (primary N) is 1. The Morgan fingerprint density at radius 2 is 2.07 bits per heavy atom. The molecule has 0 bridgehead atoms. The normalized spacial score (nSPS) is 19.1. The van der Waals surface area contributed by atoms with E-state index in [9.17, 15) is 4.79 Å². The number of nitrogens with one attached hydrogen (secondary N) is 1. The van der Waals surface area contributed by atoms with Crippen LogP contribution in [0, 0.1) is 12.8 Å². The van der Waals surface area contributed by atoms with Gasteiger partial charge in [0.15, 0.2) is 11.2 Å². The molecule has 3 aromatic heterocycles. The number of primary amides is 1. The van der Waals surface area contributed by atoms with Crippen molar-refractivity contribution in [3.63, 3.8) is 0 Å². The zero-order chi connectivity index (χ0) is 20.0. The maximum atomic E-state index is 11.4. The molecule has 1 unspecified atom stereocenters. The van der Waals surface area contributed by atoms with Crippen molar-refractivity contribution in [2.45, 2.75) is 32.2 Å². The first-order valence-corrected chi connectivity index (χ1v) is 9.58. The standard InChI is InChI=1S/C20H20N8O/c1-11-2-3-12-8-15(9-22-16(12)6-11)28-19-17(26-27-28)10-23-20(25-19)24-14-5-4-13(7-14)18(21)29/h2-3,6,8-10,13-14H,4-5,7H2,1H3,(H2,21,29)(H,23,24,25)/t13?,14-/m1/s1. The highest BCUT2D eigenvalue weighted by Crippen LogP contribution is 2.27. The minimum absolute atomic E-state index is 0.0873. The molecule has 0 radical (unpaired) electrons. The van der Waals surface area contributed by atoms with Crippen molar-refractivity contribution < 1.29 is 4.79 Å². The van der Waals surface area contributed by atoms with Gasteiger partial charge in [-0.25, -0.2) is 4.98 Å². The Morgan fingerprint density at radius 1 is 1.17 bits per heavy atom. The lowest BCUT2D eigenvalue weighted by Crippen LogP contribution is -2.23. The van der Waals surface area contributed by atoms with Gasteiger partial charge in [-0.15, -0.1) is 5.10 Å². The van der Waals surface area contributed by atoms with E-state index >= 15 is 0 Å². The summed E-state index contributed by atoms with van der Waals surface area (Å²) in [6, 6.07) is 8.28. The number of hydrogen-bond donors (Lipinski definition) is 2. The van der Waals surface area contributed by atoms with E-state index in [-0.39, 0.29) is 17.9 Å². The van der Waals surface area contributed by atoms with Crippen LogP contribution >= 0.6 is 0 Å². The molecular weight excluding hydrogens is 368 g/mol. The van der Waals surface area contributed by atoms with Crippen molar-refractivity contribution in [3.8, 4) is 5.69 Å². The highest BCUT2D eigenvalue weighted by Gasteiger charge is 2.28. The number of fused-ring (bicyclic) bond motifs is 2. The number of carbonyl (C=O) groups is 1. The van der Waals surface area contributed by atoms with Crippen LogP contribution in [0.15, 0.2) is 36.7 Å². The van der Waals surface area contributed by atoms with Crippen LogP contribution in [-0.4, -0.2) is 41.9 Å². The molecule has 1 aromatic carbocycles. The van der Waals surface area contributed by atoms with Crippen LogP contribution in [0.5, 0.6) is 0 Å². The summed E-state index contributed by atoms with van der Waals surface area (Å²) in [5, 5.41) is 12.7. The van der Waals surface area contributed by atoms with E-state index in [0.29, 0.717) is 23.5 Å². The van der Waals surface area contributed by atoms with Gasteiger partial charge in [0.1, 0.15) is 0 Å². The molecule has 4 aromatic rings. The van der Waals surface area contributed by atoms with Crippen molar-refractivity contribution in [1.82, 2.24) is 29.9 Å². The number of anilines is 1. The van der Waals surface area contributed by atoms with Crippen LogP contribution in [0.4, 0.5) is 5.95 Å². The van der Waals surface area contributed by atoms with Crippen LogP contribution in [0.25, 0.3) is 27.8 Å². The van der Waals surface area contributed by atoms with Crippen molar-refractivity contribution in [2.24, 2.45) is 11.7 Å². The average molecular weight is 388 g/mol. The molecule has 3 N–H and O–H groups in total. The molecule has 0 saturated heterocycles. The van der Waals surface area contributed by atoms with E-state index in [4.69, 9.17) is 5.73 Å². The van der Waals surface area contributed by atoms with Gasteiger partial charge >= 0.3 is 0 Å². The largest absolute Gasteiger partial charge is 0.369 e. The third kappa shape index (κ3) is 3.24. The number of aromatic nitrogens is 6. The van der Waals surface area contributed by atoms with Crippen molar-refractivity contribution >= 4 is 33.9 Å². The zero-order valence-electron chi connectivity index (χ0n) is 15.9. The number of benzene rings is 1. The lowest BCUT2D eigenvalue weighted by molar-refractivity contribution is -0.121. The van der Waals surface area contributed by atoms with Gasteiger partial charge in [-0.3, -0.25) is 9.78 Å². The summed E-state index contributed by atoms with van der Waals surface area (Å²) >= 11 is 0. The maximum Gasteiger partial charge on any atom is 0.225 e. The average Bonchev–Trinajstić information content (AvgIpc) is 3.34. The highest BCUT2D eigenvalue weighted by molar-refractivity contribution is 5.82. The van der Waals surface area contributed by atoms with Gasteiger partial charge in [-0.1, -0.05) is 17.3 Å². The molecule has 0 spiro atoms. The number of pyridine rings is 1. The Labute approximate surface area is 166 Å². The Balaban J connectivity index is 1.47. The fraction of sp³-hybridized carbons (Fsp3) is 0.300. The fourth-order valence-electron chi connectivity index (χ4n) is 3.86. The van der Waals surface area contributed by atoms with E-state index in [1.807, 2.05) is 25.1 Å². The monoisotopic (exact) mass is 388 g/mol. The minimum Gasteiger partial charge on any atom is -0.369 e. The molecule has 1 aliphatic rings. The summed E-state index contributed by atoms with van der Waals surface area (Å²) in [6.45, 7) is 2.04. The first-order chi connectivity index (χ1) is 14.1. The second-order valence-corrected chi connectivity index (χ2v) is 7.55. The molecule has 3 heterocycles. The molecule has 29 heavy (non-hydrogen) atoms. The van der Waals surface area contributed by atoms with E-state index < -0.39 is 0 Å². The molecule has 1 amide bonds. The molecule has 5 rings (SSSR count). The van der Waals surface area contributed by atoms with Gasteiger partial charge in [0.2, 0.25) is 11.9 Å². The summed E-state index contributed by atoms with van der Waals surface area (Å²) in [4.78, 5) is 24.9.